The molecule has 0 saturated carbocycles. The lowest BCUT2D eigenvalue weighted by atomic mass is 10.0. The van der Waals surface area contributed by atoms with E-state index in [-0.39, 0.29) is 22.0 Å². The molecule has 8 heteroatoms. The maximum absolute atomic E-state index is 11.5. The predicted molar refractivity (Wildman–Crippen MR) is 99.9 cm³/mol. The summed E-state index contributed by atoms with van der Waals surface area (Å²) in [6.07, 6.45) is 0. The fourth-order valence-corrected chi connectivity index (χ4v) is 3.29. The van der Waals surface area contributed by atoms with E-state index < -0.39 is 10.1 Å². The first-order valence-electron chi connectivity index (χ1n) is 7.68. The van der Waals surface area contributed by atoms with Crippen molar-refractivity contribution < 1.29 is 18.1 Å². The zero-order valence-electron chi connectivity index (χ0n) is 14.1. The van der Waals surface area contributed by atoms with Crippen LogP contribution >= 0.6 is 0 Å². The summed E-state index contributed by atoms with van der Waals surface area (Å²) >= 11 is 0. The Kier molecular flexibility index (Phi) is 4.39. The number of aromatic hydroxyl groups is 1. The summed E-state index contributed by atoms with van der Waals surface area (Å²) in [5, 5.41) is 19.8. The van der Waals surface area contributed by atoms with Crippen LogP contribution in [0.5, 0.6) is 5.75 Å². The number of fused-ring (bicyclic) bond motifs is 1. The molecule has 0 aliphatic carbocycles. The summed E-state index contributed by atoms with van der Waals surface area (Å²) in [6.45, 7) is 3.51. The van der Waals surface area contributed by atoms with Gasteiger partial charge in [0.1, 0.15) is 16.3 Å². The van der Waals surface area contributed by atoms with Crippen LogP contribution in [-0.4, -0.2) is 18.1 Å². The van der Waals surface area contributed by atoms with Gasteiger partial charge < -0.3 is 10.8 Å². The molecule has 0 atom stereocenters. The van der Waals surface area contributed by atoms with Crippen molar-refractivity contribution in [3.63, 3.8) is 0 Å². The van der Waals surface area contributed by atoms with Crippen LogP contribution in [0.2, 0.25) is 0 Å². The third-order valence-corrected chi connectivity index (χ3v) is 4.85. The maximum atomic E-state index is 11.5. The highest BCUT2D eigenvalue weighted by atomic mass is 32.2. The van der Waals surface area contributed by atoms with Gasteiger partial charge in [0.25, 0.3) is 10.1 Å². The van der Waals surface area contributed by atoms with Crippen LogP contribution in [0, 0.1) is 13.8 Å². The molecule has 0 aliphatic rings. The molecule has 3 aromatic rings. The molecular weight excluding hydrogens is 354 g/mol. The third kappa shape index (κ3) is 3.37. The van der Waals surface area contributed by atoms with E-state index >= 15 is 0 Å². The topological polar surface area (TPSA) is 125 Å². The van der Waals surface area contributed by atoms with Gasteiger partial charge in [-0.1, -0.05) is 6.07 Å². The summed E-state index contributed by atoms with van der Waals surface area (Å²) < 4.78 is 32.4. The lowest BCUT2D eigenvalue weighted by Gasteiger charge is -2.08. The first-order valence-corrected chi connectivity index (χ1v) is 9.12. The average Bonchev–Trinajstić information content (AvgIpc) is 2.53. The Hall–Kier alpha value is -2.97. The van der Waals surface area contributed by atoms with Gasteiger partial charge in [0, 0.05) is 11.1 Å². The first-order chi connectivity index (χ1) is 12.2. The monoisotopic (exact) mass is 371 g/mol. The molecule has 134 valence electrons. The van der Waals surface area contributed by atoms with E-state index in [1.165, 1.54) is 12.1 Å². The number of nitrogens with zero attached hydrogens (tertiary/aromatic N) is 2. The quantitative estimate of drug-likeness (QED) is 0.357. The van der Waals surface area contributed by atoms with Crippen molar-refractivity contribution in [2.24, 2.45) is 10.2 Å². The zero-order valence-corrected chi connectivity index (χ0v) is 14.9. The van der Waals surface area contributed by atoms with Crippen LogP contribution < -0.4 is 5.73 Å². The van der Waals surface area contributed by atoms with Gasteiger partial charge in [-0.25, -0.2) is 0 Å². The fourth-order valence-electron chi connectivity index (χ4n) is 2.69. The Labute approximate surface area is 150 Å². The molecular formula is C18H17N3O4S. The van der Waals surface area contributed by atoms with Gasteiger partial charge in [0.05, 0.1) is 0 Å². The van der Waals surface area contributed by atoms with Crippen molar-refractivity contribution >= 4 is 38.0 Å². The molecule has 0 saturated heterocycles. The SMILES string of the molecule is Cc1ccc(S(=O)(=O)O)c(N=Nc2c(C)cc3cc(N)ccc3c2O)c1. The number of benzene rings is 3. The van der Waals surface area contributed by atoms with Gasteiger partial charge >= 0.3 is 0 Å². The number of nitrogen functional groups attached to an aromatic ring is 1. The molecule has 0 aliphatic heterocycles. The Balaban J connectivity index is 2.16. The Bertz CT molecular complexity index is 1150. The smallest absolute Gasteiger partial charge is 0.296 e. The second-order valence-electron chi connectivity index (χ2n) is 6.02. The molecule has 0 aromatic heterocycles. The number of hydrogen-bond acceptors (Lipinski definition) is 6. The molecule has 0 unspecified atom stereocenters. The highest BCUT2D eigenvalue weighted by Gasteiger charge is 2.16. The van der Waals surface area contributed by atoms with Crippen LogP contribution in [0.3, 0.4) is 0 Å². The molecule has 7 nitrogen and oxygen atoms in total. The Morgan fingerprint density at radius 1 is 1.00 bits per heavy atom. The highest BCUT2D eigenvalue weighted by molar-refractivity contribution is 7.86. The number of azo groups is 1. The average molecular weight is 371 g/mol. The molecule has 3 rings (SSSR count). The minimum atomic E-state index is -4.44. The number of phenolic OH excluding ortho intramolecular Hbond substituents is 1. The number of rotatable bonds is 3. The van der Waals surface area contributed by atoms with E-state index in [0.717, 1.165) is 10.9 Å². The van der Waals surface area contributed by atoms with E-state index in [4.69, 9.17) is 5.73 Å². The van der Waals surface area contributed by atoms with Crippen LogP contribution in [0.1, 0.15) is 11.1 Å². The minimum absolute atomic E-state index is 0.0105. The number of aryl methyl sites for hydroxylation is 2. The number of anilines is 1. The third-order valence-electron chi connectivity index (χ3n) is 3.95. The van der Waals surface area contributed by atoms with E-state index in [1.54, 1.807) is 44.2 Å². The van der Waals surface area contributed by atoms with Crippen molar-refractivity contribution in [3.05, 3.63) is 53.6 Å². The molecule has 0 amide bonds. The summed E-state index contributed by atoms with van der Waals surface area (Å²) in [7, 11) is -4.44. The number of phenols is 1. The summed E-state index contributed by atoms with van der Waals surface area (Å²) in [5.74, 6) is -0.0789. The first kappa shape index (κ1) is 17.8. The van der Waals surface area contributed by atoms with Crippen LogP contribution in [0.4, 0.5) is 17.1 Å². The second kappa shape index (κ2) is 6.40. The van der Waals surface area contributed by atoms with Crippen LogP contribution in [-0.2, 0) is 10.1 Å². The van der Waals surface area contributed by atoms with E-state index in [0.29, 0.717) is 16.6 Å². The lowest BCUT2D eigenvalue weighted by Crippen LogP contribution is -1.98. The van der Waals surface area contributed by atoms with Crippen molar-refractivity contribution in [3.8, 4) is 5.75 Å². The Morgan fingerprint density at radius 2 is 1.73 bits per heavy atom. The highest BCUT2D eigenvalue weighted by Crippen LogP contribution is 2.39. The van der Waals surface area contributed by atoms with Crippen molar-refractivity contribution in [1.82, 2.24) is 0 Å². The summed E-state index contributed by atoms with van der Waals surface area (Å²) in [5.41, 5.74) is 7.93. The number of nitrogens with two attached hydrogens (primary N) is 1. The summed E-state index contributed by atoms with van der Waals surface area (Å²) in [4.78, 5) is -0.349. The van der Waals surface area contributed by atoms with Crippen LogP contribution in [0.15, 0.2) is 57.6 Å². The van der Waals surface area contributed by atoms with Gasteiger partial charge in [-0.2, -0.15) is 8.42 Å². The number of hydrogen-bond donors (Lipinski definition) is 3. The molecule has 4 N–H and O–H groups in total. The van der Waals surface area contributed by atoms with E-state index in [2.05, 4.69) is 10.2 Å². The molecule has 0 heterocycles. The molecule has 26 heavy (non-hydrogen) atoms. The van der Waals surface area contributed by atoms with Crippen molar-refractivity contribution in [2.75, 3.05) is 5.73 Å². The predicted octanol–water partition coefficient (Wildman–Crippen LogP) is 4.41. The summed E-state index contributed by atoms with van der Waals surface area (Å²) in [6, 6.07) is 11.2. The zero-order chi connectivity index (χ0) is 19.1. The maximum Gasteiger partial charge on any atom is 0.296 e. The largest absolute Gasteiger partial charge is 0.505 e. The van der Waals surface area contributed by atoms with Gasteiger partial charge in [-0.15, -0.1) is 10.2 Å². The van der Waals surface area contributed by atoms with Gasteiger partial charge in [-0.05, 0) is 66.8 Å². The van der Waals surface area contributed by atoms with E-state index in [1.807, 2.05) is 0 Å². The Morgan fingerprint density at radius 3 is 2.42 bits per heavy atom. The van der Waals surface area contributed by atoms with Gasteiger partial charge in [0.15, 0.2) is 5.75 Å². The molecule has 0 bridgehead atoms. The molecule has 0 fully saturated rings. The fraction of sp³-hybridized carbons (Fsp3) is 0.111. The van der Waals surface area contributed by atoms with Crippen molar-refractivity contribution in [2.45, 2.75) is 18.7 Å². The van der Waals surface area contributed by atoms with Crippen LogP contribution in [0.25, 0.3) is 10.8 Å². The minimum Gasteiger partial charge on any atom is -0.505 e. The lowest BCUT2D eigenvalue weighted by molar-refractivity contribution is 0.482. The molecule has 0 spiro atoms. The van der Waals surface area contributed by atoms with Gasteiger partial charge in [0.2, 0.25) is 0 Å². The van der Waals surface area contributed by atoms with Crippen molar-refractivity contribution in [1.29, 1.82) is 0 Å². The molecule has 3 aromatic carbocycles. The normalized spacial score (nSPS) is 12.1. The second-order valence-corrected chi connectivity index (χ2v) is 7.41. The standard InChI is InChI=1S/C18H17N3O4S/c1-10-3-6-16(26(23,24)25)15(7-10)20-21-17-11(2)8-12-9-13(19)4-5-14(12)18(17)22/h3-9,22H,19H2,1-2H3,(H,23,24,25). The van der Waals surface area contributed by atoms with Gasteiger partial charge in [-0.3, -0.25) is 4.55 Å². The van der Waals surface area contributed by atoms with E-state index in [9.17, 15) is 18.1 Å². The molecule has 0 radical (unpaired) electrons.